The number of hydrogen-bond donors (Lipinski definition) is 1. The normalized spacial score (nSPS) is 21.2. The number of hydrogen-bond acceptors (Lipinski definition) is 2. The summed E-state index contributed by atoms with van der Waals surface area (Å²) >= 11 is 9.56. The van der Waals surface area contributed by atoms with E-state index in [9.17, 15) is 9.50 Å². The molecule has 104 valence electrons. The average molecular weight is 358 g/mol. The second kappa shape index (κ2) is 5.35. The molecule has 0 spiro atoms. The number of aliphatic hydroxyl groups excluding tert-OH is 1. The van der Waals surface area contributed by atoms with Crippen molar-refractivity contribution in [2.75, 3.05) is 0 Å². The standard InChI is InChI=1S/C15H11BrClFO2/c16-8-1-4-12(17)11(5-8)15-7-13(19)10-3-2-9(18)6-14(10)20-15/h1-6,13,15,19H,7H2. The highest BCUT2D eigenvalue weighted by molar-refractivity contribution is 9.10. The van der Waals surface area contributed by atoms with Crippen molar-refractivity contribution in [1.29, 1.82) is 0 Å². The van der Waals surface area contributed by atoms with Crippen LogP contribution >= 0.6 is 27.5 Å². The zero-order valence-corrected chi connectivity index (χ0v) is 12.7. The van der Waals surface area contributed by atoms with Crippen molar-refractivity contribution in [3.05, 3.63) is 62.8 Å². The highest BCUT2D eigenvalue weighted by Gasteiger charge is 2.29. The van der Waals surface area contributed by atoms with Gasteiger partial charge in [-0.1, -0.05) is 27.5 Å². The monoisotopic (exact) mass is 356 g/mol. The molecule has 2 unspecified atom stereocenters. The number of aliphatic hydroxyl groups is 1. The summed E-state index contributed by atoms with van der Waals surface area (Å²) in [6.45, 7) is 0. The predicted octanol–water partition coefficient (Wildman–Crippen LogP) is 4.80. The van der Waals surface area contributed by atoms with E-state index in [0.29, 0.717) is 22.8 Å². The summed E-state index contributed by atoms with van der Waals surface area (Å²) in [7, 11) is 0. The minimum atomic E-state index is -0.695. The van der Waals surface area contributed by atoms with Crippen LogP contribution in [0.3, 0.4) is 0 Å². The number of rotatable bonds is 1. The van der Waals surface area contributed by atoms with Gasteiger partial charge in [-0.15, -0.1) is 0 Å². The highest BCUT2D eigenvalue weighted by atomic mass is 79.9. The molecular weight excluding hydrogens is 347 g/mol. The van der Waals surface area contributed by atoms with Gasteiger partial charge in [0.05, 0.1) is 6.10 Å². The average Bonchev–Trinajstić information content (AvgIpc) is 2.41. The predicted molar refractivity (Wildman–Crippen MR) is 78.5 cm³/mol. The zero-order valence-electron chi connectivity index (χ0n) is 10.3. The van der Waals surface area contributed by atoms with Crippen LogP contribution in [0.25, 0.3) is 0 Å². The Labute approximate surface area is 129 Å². The van der Waals surface area contributed by atoms with Gasteiger partial charge in [-0.2, -0.15) is 0 Å². The van der Waals surface area contributed by atoms with Crippen LogP contribution < -0.4 is 4.74 Å². The maximum Gasteiger partial charge on any atom is 0.128 e. The lowest BCUT2D eigenvalue weighted by Gasteiger charge is -2.30. The van der Waals surface area contributed by atoms with Crippen molar-refractivity contribution in [1.82, 2.24) is 0 Å². The van der Waals surface area contributed by atoms with Gasteiger partial charge in [0.25, 0.3) is 0 Å². The van der Waals surface area contributed by atoms with Gasteiger partial charge in [-0.25, -0.2) is 4.39 Å². The summed E-state index contributed by atoms with van der Waals surface area (Å²) < 4.78 is 20.0. The van der Waals surface area contributed by atoms with Crippen molar-refractivity contribution in [2.45, 2.75) is 18.6 Å². The van der Waals surface area contributed by atoms with Gasteiger partial charge >= 0.3 is 0 Å². The summed E-state index contributed by atoms with van der Waals surface area (Å²) in [5.41, 5.74) is 1.38. The number of benzene rings is 2. The van der Waals surface area contributed by atoms with Gasteiger partial charge in [0.2, 0.25) is 0 Å². The minimum Gasteiger partial charge on any atom is -0.485 e. The molecule has 0 fully saturated rings. The van der Waals surface area contributed by atoms with Crippen LogP contribution in [0.1, 0.15) is 29.8 Å². The molecule has 20 heavy (non-hydrogen) atoms. The van der Waals surface area contributed by atoms with E-state index in [-0.39, 0.29) is 0 Å². The largest absolute Gasteiger partial charge is 0.485 e. The maximum absolute atomic E-state index is 13.3. The molecule has 1 aliphatic rings. The van der Waals surface area contributed by atoms with E-state index in [1.165, 1.54) is 12.1 Å². The minimum absolute atomic E-state index is 0.366. The Hall–Kier alpha value is -1.10. The molecule has 2 aromatic rings. The second-order valence-electron chi connectivity index (χ2n) is 4.71. The molecule has 3 rings (SSSR count). The molecule has 0 aromatic heterocycles. The molecule has 2 aromatic carbocycles. The highest BCUT2D eigenvalue weighted by Crippen LogP contribution is 2.43. The summed E-state index contributed by atoms with van der Waals surface area (Å²) in [6.07, 6.45) is -0.710. The van der Waals surface area contributed by atoms with Gasteiger partial charge in [0.1, 0.15) is 17.7 Å². The third kappa shape index (κ3) is 2.55. The Balaban J connectivity index is 2.00. The summed E-state index contributed by atoms with van der Waals surface area (Å²) in [4.78, 5) is 0. The van der Waals surface area contributed by atoms with E-state index in [4.69, 9.17) is 16.3 Å². The van der Waals surface area contributed by atoms with Crippen LogP contribution in [0.15, 0.2) is 40.9 Å². The summed E-state index contributed by atoms with van der Waals surface area (Å²) in [5, 5.41) is 10.7. The molecule has 2 nitrogen and oxygen atoms in total. The SMILES string of the molecule is OC1CC(c2cc(Br)ccc2Cl)Oc2cc(F)ccc21. The van der Waals surface area contributed by atoms with E-state index in [2.05, 4.69) is 15.9 Å². The van der Waals surface area contributed by atoms with E-state index in [0.717, 1.165) is 10.0 Å². The lowest BCUT2D eigenvalue weighted by atomic mass is 9.95. The van der Waals surface area contributed by atoms with Gasteiger partial charge in [-0.3, -0.25) is 0 Å². The van der Waals surface area contributed by atoms with Crippen LogP contribution in [-0.2, 0) is 0 Å². The smallest absolute Gasteiger partial charge is 0.128 e. The molecular formula is C15H11BrClFO2. The summed E-state index contributed by atoms with van der Waals surface area (Å²) in [5.74, 6) is -0.0262. The molecule has 0 saturated heterocycles. The first-order valence-corrected chi connectivity index (χ1v) is 7.31. The summed E-state index contributed by atoms with van der Waals surface area (Å²) in [6, 6.07) is 9.60. The Morgan fingerprint density at radius 2 is 2.00 bits per heavy atom. The van der Waals surface area contributed by atoms with Crippen LogP contribution in [-0.4, -0.2) is 5.11 Å². The topological polar surface area (TPSA) is 29.5 Å². The fourth-order valence-electron chi connectivity index (χ4n) is 2.37. The molecule has 0 bridgehead atoms. The van der Waals surface area contributed by atoms with Gasteiger partial charge < -0.3 is 9.84 Å². The van der Waals surface area contributed by atoms with Gasteiger partial charge in [0.15, 0.2) is 0 Å². The zero-order chi connectivity index (χ0) is 14.3. The van der Waals surface area contributed by atoms with Crippen molar-refractivity contribution in [3.8, 4) is 5.75 Å². The van der Waals surface area contributed by atoms with Crippen LogP contribution in [0.2, 0.25) is 5.02 Å². The Kier molecular flexibility index (Phi) is 3.71. The number of fused-ring (bicyclic) bond motifs is 1. The number of ether oxygens (including phenoxy) is 1. The fourth-order valence-corrected chi connectivity index (χ4v) is 2.99. The first-order chi connectivity index (χ1) is 9.54. The van der Waals surface area contributed by atoms with Crippen molar-refractivity contribution in [2.24, 2.45) is 0 Å². The molecule has 5 heteroatoms. The van der Waals surface area contributed by atoms with Crippen molar-refractivity contribution < 1.29 is 14.2 Å². The fraction of sp³-hybridized carbons (Fsp3) is 0.200. The first kappa shape index (κ1) is 13.9. The molecule has 0 saturated carbocycles. The van der Waals surface area contributed by atoms with Crippen molar-refractivity contribution in [3.63, 3.8) is 0 Å². The second-order valence-corrected chi connectivity index (χ2v) is 6.03. The van der Waals surface area contributed by atoms with Crippen LogP contribution in [0, 0.1) is 5.82 Å². The van der Waals surface area contributed by atoms with Gasteiger partial charge in [0, 0.05) is 33.1 Å². The van der Waals surface area contributed by atoms with Gasteiger partial charge in [-0.05, 0) is 30.3 Å². The molecule has 0 radical (unpaired) electrons. The quantitative estimate of drug-likeness (QED) is 0.794. The molecule has 0 amide bonds. The third-order valence-corrected chi connectivity index (χ3v) is 4.18. The Morgan fingerprint density at radius 1 is 1.20 bits per heavy atom. The third-order valence-electron chi connectivity index (χ3n) is 3.35. The molecule has 0 aliphatic carbocycles. The van der Waals surface area contributed by atoms with E-state index in [1.54, 1.807) is 12.1 Å². The first-order valence-electron chi connectivity index (χ1n) is 6.13. The lowest BCUT2D eigenvalue weighted by Crippen LogP contribution is -2.19. The Morgan fingerprint density at radius 3 is 2.80 bits per heavy atom. The molecule has 2 atom stereocenters. The van der Waals surface area contributed by atoms with Crippen LogP contribution in [0.4, 0.5) is 4.39 Å². The Bertz CT molecular complexity index is 662. The van der Waals surface area contributed by atoms with E-state index < -0.39 is 18.0 Å². The molecule has 1 heterocycles. The van der Waals surface area contributed by atoms with Crippen LogP contribution in [0.5, 0.6) is 5.75 Å². The maximum atomic E-state index is 13.3. The van der Waals surface area contributed by atoms with Crippen molar-refractivity contribution >= 4 is 27.5 Å². The number of halogens is 3. The van der Waals surface area contributed by atoms with E-state index >= 15 is 0 Å². The van der Waals surface area contributed by atoms with E-state index in [1.807, 2.05) is 12.1 Å². The molecule has 1 aliphatic heterocycles. The molecule has 1 N–H and O–H groups in total. The lowest BCUT2D eigenvalue weighted by molar-refractivity contribution is 0.0654.